The predicted molar refractivity (Wildman–Crippen MR) is 129 cm³/mol. The van der Waals surface area contributed by atoms with Gasteiger partial charge in [0.15, 0.2) is 0 Å². The minimum Gasteiger partial charge on any atom is -0.491 e. The number of imidazole rings is 1. The molecule has 0 radical (unpaired) electrons. The average molecular weight is 502 g/mol. The molecule has 1 aliphatic heterocycles. The van der Waals surface area contributed by atoms with Gasteiger partial charge in [0, 0.05) is 39.6 Å². The molecule has 2 atom stereocenters. The fraction of sp³-hybridized carbons (Fsp3) is 0.250. The highest BCUT2D eigenvalue weighted by molar-refractivity contribution is 7.13. The van der Waals surface area contributed by atoms with E-state index >= 15 is 0 Å². The first kappa shape index (κ1) is 22.4. The second kappa shape index (κ2) is 9.44. The Labute approximate surface area is 205 Å². The molecule has 6 nitrogen and oxygen atoms in total. The van der Waals surface area contributed by atoms with E-state index in [0.717, 1.165) is 22.0 Å². The third kappa shape index (κ3) is 4.93. The number of aromatic nitrogens is 3. The average Bonchev–Trinajstić information content (AvgIpc) is 3.55. The third-order valence-electron chi connectivity index (χ3n) is 5.31. The Hall–Kier alpha value is -2.42. The molecule has 0 aliphatic carbocycles. The van der Waals surface area contributed by atoms with E-state index in [0.29, 0.717) is 35.4 Å². The molecule has 4 aromatic rings. The Bertz CT molecular complexity index is 1230. The summed E-state index contributed by atoms with van der Waals surface area (Å²) >= 11 is 14.3. The van der Waals surface area contributed by atoms with Crippen LogP contribution in [0.4, 0.5) is 0 Å². The summed E-state index contributed by atoms with van der Waals surface area (Å²) in [6.07, 6.45) is 5.01. The maximum atomic E-state index is 6.52. The summed E-state index contributed by atoms with van der Waals surface area (Å²) in [5.74, 6) is -0.310. The predicted octanol–water partition coefficient (Wildman–Crippen LogP) is 5.97. The molecule has 1 saturated heterocycles. The lowest BCUT2D eigenvalue weighted by molar-refractivity contribution is -0.189. The molecule has 5 rings (SSSR count). The van der Waals surface area contributed by atoms with Crippen LogP contribution in [0.3, 0.4) is 0 Å². The second-order valence-corrected chi connectivity index (χ2v) is 9.49. The lowest BCUT2D eigenvalue weighted by atomic mass is 10.1. The van der Waals surface area contributed by atoms with E-state index in [1.807, 2.05) is 53.4 Å². The van der Waals surface area contributed by atoms with Gasteiger partial charge in [-0.1, -0.05) is 29.3 Å². The molecular formula is C24H21Cl2N3O3S. The number of nitrogens with zero attached hydrogens (tertiary/aromatic N) is 3. The van der Waals surface area contributed by atoms with Crippen molar-refractivity contribution in [3.63, 3.8) is 0 Å². The number of ether oxygens (including phenoxy) is 3. The third-order valence-corrected chi connectivity index (χ3v) is 6.86. The highest BCUT2D eigenvalue weighted by Gasteiger charge is 2.45. The lowest BCUT2D eigenvalue weighted by Crippen LogP contribution is -2.34. The van der Waals surface area contributed by atoms with Crippen molar-refractivity contribution in [3.8, 4) is 16.3 Å². The number of thiazole rings is 1. The van der Waals surface area contributed by atoms with E-state index in [1.165, 1.54) is 0 Å². The van der Waals surface area contributed by atoms with E-state index in [1.54, 1.807) is 36.0 Å². The van der Waals surface area contributed by atoms with Crippen LogP contribution in [-0.2, 0) is 21.8 Å². The fourth-order valence-corrected chi connectivity index (χ4v) is 5.10. The Morgan fingerprint density at radius 2 is 2.06 bits per heavy atom. The standard InChI is InChI=1S/C24H21Cl2N3O3S/c1-16-13-33-23(28-16)17-2-5-19(6-3-17)30-11-20-12-31-24(32-20,14-29-9-8-27-15-29)21-7-4-18(25)10-22(21)26/h2-10,13,15,20H,11-12,14H2,1H3. The monoisotopic (exact) mass is 501 g/mol. The van der Waals surface area contributed by atoms with Gasteiger partial charge in [-0.15, -0.1) is 11.3 Å². The molecule has 0 spiro atoms. The van der Waals surface area contributed by atoms with Crippen molar-refractivity contribution in [3.05, 3.63) is 87.9 Å². The van der Waals surface area contributed by atoms with Gasteiger partial charge >= 0.3 is 0 Å². The molecule has 2 aromatic heterocycles. The number of halogens is 2. The molecule has 9 heteroatoms. The SMILES string of the molecule is Cc1csc(-c2ccc(OCC3COC(Cn4ccnc4)(c4ccc(Cl)cc4Cl)O3)cc2)n1. The van der Waals surface area contributed by atoms with Crippen molar-refractivity contribution >= 4 is 34.5 Å². The summed E-state index contributed by atoms with van der Waals surface area (Å²) in [5.41, 5.74) is 2.80. The minimum atomic E-state index is -1.07. The zero-order valence-corrected chi connectivity index (χ0v) is 20.1. The Morgan fingerprint density at radius 3 is 2.76 bits per heavy atom. The highest BCUT2D eigenvalue weighted by Crippen LogP contribution is 2.40. The summed E-state index contributed by atoms with van der Waals surface area (Å²) in [6, 6.07) is 13.2. The van der Waals surface area contributed by atoms with Crippen LogP contribution in [0.25, 0.3) is 10.6 Å². The molecule has 3 heterocycles. The Kier molecular flexibility index (Phi) is 6.40. The van der Waals surface area contributed by atoms with Gasteiger partial charge in [0.25, 0.3) is 0 Å². The number of aryl methyl sites for hydroxylation is 1. The topological polar surface area (TPSA) is 58.4 Å². The number of hydrogen-bond donors (Lipinski definition) is 0. The number of benzene rings is 2. The summed E-state index contributed by atoms with van der Waals surface area (Å²) in [4.78, 5) is 8.64. The van der Waals surface area contributed by atoms with Gasteiger partial charge in [0.1, 0.15) is 23.5 Å². The molecule has 170 valence electrons. The maximum Gasteiger partial charge on any atom is 0.215 e. The van der Waals surface area contributed by atoms with E-state index < -0.39 is 5.79 Å². The van der Waals surface area contributed by atoms with Gasteiger partial charge in [0.2, 0.25) is 5.79 Å². The minimum absolute atomic E-state index is 0.276. The van der Waals surface area contributed by atoms with Crippen LogP contribution in [0.5, 0.6) is 5.75 Å². The van der Waals surface area contributed by atoms with Gasteiger partial charge in [-0.3, -0.25) is 0 Å². The molecule has 0 bridgehead atoms. The van der Waals surface area contributed by atoms with Crippen LogP contribution in [-0.4, -0.2) is 33.9 Å². The van der Waals surface area contributed by atoms with E-state index in [-0.39, 0.29) is 6.10 Å². The summed E-state index contributed by atoms with van der Waals surface area (Å²) in [7, 11) is 0. The van der Waals surface area contributed by atoms with Gasteiger partial charge in [-0.05, 0) is 43.3 Å². The zero-order chi connectivity index (χ0) is 22.8. The van der Waals surface area contributed by atoms with E-state index in [9.17, 15) is 0 Å². The quantitative estimate of drug-likeness (QED) is 0.312. The normalized spacial score (nSPS) is 20.3. The fourth-order valence-electron chi connectivity index (χ4n) is 3.74. The zero-order valence-electron chi connectivity index (χ0n) is 17.8. The summed E-state index contributed by atoms with van der Waals surface area (Å²) in [6.45, 7) is 3.09. The van der Waals surface area contributed by atoms with Gasteiger partial charge < -0.3 is 18.8 Å². The van der Waals surface area contributed by atoms with Crippen molar-refractivity contribution in [2.45, 2.75) is 25.4 Å². The lowest BCUT2D eigenvalue weighted by Gasteiger charge is -2.30. The molecule has 2 unspecified atom stereocenters. The van der Waals surface area contributed by atoms with Gasteiger partial charge in [0.05, 0.1) is 24.5 Å². The van der Waals surface area contributed by atoms with Crippen molar-refractivity contribution < 1.29 is 14.2 Å². The van der Waals surface area contributed by atoms with Gasteiger partial charge in [-0.25, -0.2) is 9.97 Å². The molecule has 0 N–H and O–H groups in total. The molecule has 1 fully saturated rings. The first-order valence-electron chi connectivity index (χ1n) is 10.4. The van der Waals surface area contributed by atoms with Crippen molar-refractivity contribution in [2.24, 2.45) is 0 Å². The summed E-state index contributed by atoms with van der Waals surface area (Å²) in [5, 5.41) is 4.07. The first-order valence-corrected chi connectivity index (χ1v) is 12.0. The molecule has 1 aliphatic rings. The van der Waals surface area contributed by atoms with Crippen LogP contribution < -0.4 is 4.74 Å². The van der Waals surface area contributed by atoms with Crippen LogP contribution >= 0.6 is 34.5 Å². The number of hydrogen-bond acceptors (Lipinski definition) is 6. The molecular weight excluding hydrogens is 481 g/mol. The van der Waals surface area contributed by atoms with Crippen molar-refractivity contribution in [1.29, 1.82) is 0 Å². The maximum absolute atomic E-state index is 6.52. The highest BCUT2D eigenvalue weighted by atomic mass is 35.5. The Balaban J connectivity index is 1.29. The number of rotatable bonds is 7. The van der Waals surface area contributed by atoms with Crippen LogP contribution in [0, 0.1) is 6.92 Å². The molecule has 33 heavy (non-hydrogen) atoms. The van der Waals surface area contributed by atoms with E-state index in [4.69, 9.17) is 37.4 Å². The van der Waals surface area contributed by atoms with Crippen LogP contribution in [0.15, 0.2) is 66.6 Å². The first-order chi connectivity index (χ1) is 16.0. The van der Waals surface area contributed by atoms with Crippen molar-refractivity contribution in [2.75, 3.05) is 13.2 Å². The second-order valence-electron chi connectivity index (χ2n) is 7.79. The van der Waals surface area contributed by atoms with Crippen LogP contribution in [0.2, 0.25) is 10.0 Å². The van der Waals surface area contributed by atoms with Crippen molar-refractivity contribution in [1.82, 2.24) is 14.5 Å². The van der Waals surface area contributed by atoms with Gasteiger partial charge in [-0.2, -0.15) is 0 Å². The van der Waals surface area contributed by atoms with E-state index in [2.05, 4.69) is 9.97 Å². The Morgan fingerprint density at radius 1 is 1.21 bits per heavy atom. The van der Waals surface area contributed by atoms with Crippen LogP contribution in [0.1, 0.15) is 11.3 Å². The molecule has 0 saturated carbocycles. The molecule has 0 amide bonds. The summed E-state index contributed by atoms with van der Waals surface area (Å²) < 4.78 is 20.5. The smallest absolute Gasteiger partial charge is 0.215 e. The largest absolute Gasteiger partial charge is 0.491 e. The molecule has 2 aromatic carbocycles.